The van der Waals surface area contributed by atoms with E-state index in [1.165, 1.54) is 12.3 Å². The predicted molar refractivity (Wildman–Crippen MR) is 90.3 cm³/mol. The number of hydrogen-bond acceptors (Lipinski definition) is 4. The molecule has 0 aliphatic heterocycles. The quantitative estimate of drug-likeness (QED) is 0.881. The summed E-state index contributed by atoms with van der Waals surface area (Å²) in [5.41, 5.74) is 1.56. The first-order valence-corrected chi connectivity index (χ1v) is 9.34. The molecule has 0 spiro atoms. The number of benzene rings is 1. The number of sulfone groups is 1. The molecule has 0 aliphatic rings. The summed E-state index contributed by atoms with van der Waals surface area (Å²) in [4.78, 5) is 3.94. The van der Waals surface area contributed by atoms with Crippen LogP contribution in [0.3, 0.4) is 0 Å². The number of aromatic nitrogens is 1. The maximum Gasteiger partial charge on any atom is 0.149 e. The van der Waals surface area contributed by atoms with Crippen molar-refractivity contribution >= 4 is 9.84 Å². The Morgan fingerprint density at radius 2 is 1.78 bits per heavy atom. The number of rotatable bonds is 6. The average Bonchev–Trinajstić information content (AvgIpc) is 2.44. The first kappa shape index (κ1) is 17.6. The zero-order chi connectivity index (χ0) is 17.1. The summed E-state index contributed by atoms with van der Waals surface area (Å²) in [5, 5.41) is 3.10. The van der Waals surface area contributed by atoms with Crippen molar-refractivity contribution in [3.05, 3.63) is 54.1 Å². The molecule has 1 aromatic heterocycles. The molecule has 1 N–H and O–H groups in total. The van der Waals surface area contributed by atoms with Gasteiger partial charge in [-0.3, -0.25) is 4.98 Å². The van der Waals surface area contributed by atoms with Gasteiger partial charge in [-0.15, -0.1) is 0 Å². The summed E-state index contributed by atoms with van der Waals surface area (Å²) in [5.74, 6) is -0.321. The van der Waals surface area contributed by atoms with E-state index in [9.17, 15) is 12.8 Å². The van der Waals surface area contributed by atoms with Crippen molar-refractivity contribution in [2.45, 2.75) is 25.9 Å². The fourth-order valence-corrected chi connectivity index (χ4v) is 3.87. The van der Waals surface area contributed by atoms with Crippen LogP contribution in [-0.4, -0.2) is 30.9 Å². The average molecular weight is 336 g/mol. The molecule has 0 unspecified atom stereocenters. The second-order valence-corrected chi connectivity index (χ2v) is 8.49. The van der Waals surface area contributed by atoms with Crippen LogP contribution in [0.5, 0.6) is 0 Å². The largest absolute Gasteiger partial charge is 0.307 e. The Hall–Kier alpha value is -1.79. The molecule has 0 fully saturated rings. The molecule has 23 heavy (non-hydrogen) atoms. The van der Waals surface area contributed by atoms with Gasteiger partial charge in [-0.25, -0.2) is 12.8 Å². The van der Waals surface area contributed by atoms with Crippen molar-refractivity contribution in [2.75, 3.05) is 12.0 Å². The highest BCUT2D eigenvalue weighted by molar-refractivity contribution is 7.90. The molecule has 0 saturated carbocycles. The number of hydrogen-bond donors (Lipinski definition) is 1. The van der Waals surface area contributed by atoms with Gasteiger partial charge < -0.3 is 5.32 Å². The third kappa shape index (κ3) is 5.41. The van der Waals surface area contributed by atoms with E-state index in [-0.39, 0.29) is 18.1 Å². The SMILES string of the molecule is CC(C)(CS(C)(=O)=O)NCc1ccc(-c2ccncc2)cc1F. The van der Waals surface area contributed by atoms with Crippen LogP contribution in [0.15, 0.2) is 42.7 Å². The van der Waals surface area contributed by atoms with E-state index in [2.05, 4.69) is 10.3 Å². The number of nitrogens with one attached hydrogen (secondary N) is 1. The van der Waals surface area contributed by atoms with Gasteiger partial charge in [0.2, 0.25) is 0 Å². The lowest BCUT2D eigenvalue weighted by Gasteiger charge is -2.25. The number of halogens is 1. The maximum atomic E-state index is 14.3. The van der Waals surface area contributed by atoms with E-state index in [0.717, 1.165) is 11.1 Å². The number of nitrogens with zero attached hydrogens (tertiary/aromatic N) is 1. The van der Waals surface area contributed by atoms with Crippen molar-refractivity contribution in [3.8, 4) is 11.1 Å². The standard InChI is InChI=1S/C17H21FN2O2S/c1-17(2,12-23(3,21)22)20-11-15-5-4-14(10-16(15)18)13-6-8-19-9-7-13/h4-10,20H,11-12H2,1-3H3. The Balaban J connectivity index is 2.10. The van der Waals surface area contributed by atoms with E-state index in [0.29, 0.717) is 5.56 Å². The number of pyridine rings is 1. The van der Waals surface area contributed by atoms with Gasteiger partial charge in [0.25, 0.3) is 0 Å². The highest BCUT2D eigenvalue weighted by atomic mass is 32.2. The highest BCUT2D eigenvalue weighted by Gasteiger charge is 2.23. The minimum absolute atomic E-state index is 0.00326. The molecule has 1 heterocycles. The lowest BCUT2D eigenvalue weighted by atomic mass is 10.0. The van der Waals surface area contributed by atoms with E-state index in [4.69, 9.17) is 0 Å². The summed E-state index contributed by atoms with van der Waals surface area (Å²) in [7, 11) is -3.10. The van der Waals surface area contributed by atoms with Crippen LogP contribution in [0.2, 0.25) is 0 Å². The molecule has 2 aromatic rings. The Kier molecular flexibility index (Phi) is 5.16. The topological polar surface area (TPSA) is 59.1 Å². The Labute approximate surface area is 136 Å². The van der Waals surface area contributed by atoms with E-state index >= 15 is 0 Å². The molecule has 6 heteroatoms. The van der Waals surface area contributed by atoms with Crippen LogP contribution in [0.1, 0.15) is 19.4 Å². The van der Waals surface area contributed by atoms with Crippen LogP contribution in [-0.2, 0) is 16.4 Å². The Bertz CT molecular complexity index is 774. The lowest BCUT2D eigenvalue weighted by molar-refractivity contribution is 0.417. The van der Waals surface area contributed by atoms with Gasteiger partial charge >= 0.3 is 0 Å². The molecule has 0 atom stereocenters. The van der Waals surface area contributed by atoms with Gasteiger partial charge in [0.05, 0.1) is 5.75 Å². The molecule has 1 aromatic carbocycles. The third-order valence-corrected chi connectivity index (χ3v) is 4.69. The van der Waals surface area contributed by atoms with Crippen LogP contribution in [0.4, 0.5) is 4.39 Å². The summed E-state index contributed by atoms with van der Waals surface area (Å²) in [6.07, 6.45) is 4.52. The lowest BCUT2D eigenvalue weighted by Crippen LogP contribution is -2.44. The van der Waals surface area contributed by atoms with Gasteiger partial charge in [0, 0.05) is 36.3 Å². The van der Waals surface area contributed by atoms with Crippen molar-refractivity contribution in [3.63, 3.8) is 0 Å². The normalized spacial score (nSPS) is 12.3. The van der Waals surface area contributed by atoms with Gasteiger partial charge in [-0.05, 0) is 43.2 Å². The molecule has 0 radical (unpaired) electrons. The molecule has 0 bridgehead atoms. The van der Waals surface area contributed by atoms with Crippen LogP contribution in [0, 0.1) is 5.82 Å². The van der Waals surface area contributed by atoms with Gasteiger partial charge in [0.15, 0.2) is 0 Å². The maximum absolute atomic E-state index is 14.3. The predicted octanol–water partition coefficient (Wildman–Crippen LogP) is 2.80. The van der Waals surface area contributed by atoms with E-state index in [1.807, 2.05) is 18.2 Å². The van der Waals surface area contributed by atoms with Gasteiger partial charge in [-0.2, -0.15) is 0 Å². The van der Waals surface area contributed by atoms with Crippen molar-refractivity contribution in [1.29, 1.82) is 0 Å². The van der Waals surface area contributed by atoms with Crippen molar-refractivity contribution in [2.24, 2.45) is 0 Å². The second-order valence-electron chi connectivity index (χ2n) is 6.35. The van der Waals surface area contributed by atoms with Crippen LogP contribution >= 0.6 is 0 Å². The van der Waals surface area contributed by atoms with Crippen molar-refractivity contribution in [1.82, 2.24) is 10.3 Å². The van der Waals surface area contributed by atoms with Crippen LogP contribution < -0.4 is 5.32 Å². The minimum Gasteiger partial charge on any atom is -0.307 e. The Morgan fingerprint density at radius 1 is 1.13 bits per heavy atom. The Morgan fingerprint density at radius 3 is 2.35 bits per heavy atom. The van der Waals surface area contributed by atoms with E-state index in [1.54, 1.807) is 32.3 Å². The third-order valence-electron chi connectivity index (χ3n) is 3.45. The van der Waals surface area contributed by atoms with Gasteiger partial charge in [-0.1, -0.05) is 12.1 Å². The molecule has 2 rings (SSSR count). The molecule has 0 amide bonds. The molecular weight excluding hydrogens is 315 g/mol. The molecular formula is C17H21FN2O2S. The summed E-state index contributed by atoms with van der Waals surface area (Å²) < 4.78 is 37.1. The minimum atomic E-state index is -3.10. The van der Waals surface area contributed by atoms with Crippen LogP contribution in [0.25, 0.3) is 11.1 Å². The molecule has 4 nitrogen and oxygen atoms in total. The zero-order valence-corrected chi connectivity index (χ0v) is 14.3. The fourth-order valence-electron chi connectivity index (χ4n) is 2.46. The van der Waals surface area contributed by atoms with E-state index < -0.39 is 15.4 Å². The molecule has 0 aliphatic carbocycles. The smallest absolute Gasteiger partial charge is 0.149 e. The highest BCUT2D eigenvalue weighted by Crippen LogP contribution is 2.21. The first-order valence-electron chi connectivity index (χ1n) is 7.28. The molecule has 0 saturated heterocycles. The van der Waals surface area contributed by atoms with Gasteiger partial charge in [0.1, 0.15) is 15.7 Å². The molecule has 124 valence electrons. The fraction of sp³-hybridized carbons (Fsp3) is 0.353. The monoisotopic (exact) mass is 336 g/mol. The van der Waals surface area contributed by atoms with Crippen molar-refractivity contribution < 1.29 is 12.8 Å². The zero-order valence-electron chi connectivity index (χ0n) is 13.5. The summed E-state index contributed by atoms with van der Waals surface area (Å²) >= 11 is 0. The first-order chi connectivity index (χ1) is 10.7. The second kappa shape index (κ2) is 6.76. The summed E-state index contributed by atoms with van der Waals surface area (Å²) in [6.45, 7) is 3.85. The summed E-state index contributed by atoms with van der Waals surface area (Å²) in [6, 6.07) is 8.69.